The Hall–Kier alpha value is -2.04. The number of para-hydroxylation sites is 2. The molecule has 0 aliphatic heterocycles. The van der Waals surface area contributed by atoms with Crippen molar-refractivity contribution in [3.8, 4) is 0 Å². The fourth-order valence-electron chi connectivity index (χ4n) is 1.93. The van der Waals surface area contributed by atoms with Gasteiger partial charge in [0.25, 0.3) is 0 Å². The zero-order chi connectivity index (χ0) is 12.0. The van der Waals surface area contributed by atoms with Gasteiger partial charge in [-0.15, -0.1) is 0 Å². The number of aromatic nitrogens is 2. The van der Waals surface area contributed by atoms with Gasteiger partial charge >= 0.3 is 6.18 Å². The molecular formula is C12H7F3N2. The van der Waals surface area contributed by atoms with Gasteiger partial charge in [0.05, 0.1) is 16.6 Å². The van der Waals surface area contributed by atoms with Gasteiger partial charge in [-0.2, -0.15) is 13.2 Å². The maximum absolute atomic E-state index is 12.8. The summed E-state index contributed by atoms with van der Waals surface area (Å²) in [5.41, 5.74) is 0.237. The van der Waals surface area contributed by atoms with Crippen LogP contribution in [0.4, 0.5) is 13.2 Å². The quantitative estimate of drug-likeness (QED) is 0.583. The Kier molecular flexibility index (Phi) is 1.92. The first-order valence-corrected chi connectivity index (χ1v) is 5.00. The monoisotopic (exact) mass is 236 g/mol. The lowest BCUT2D eigenvalue weighted by molar-refractivity contribution is -0.139. The Morgan fingerprint density at radius 3 is 2.41 bits per heavy atom. The molecule has 3 aromatic rings. The van der Waals surface area contributed by atoms with Crippen molar-refractivity contribution in [1.29, 1.82) is 0 Å². The molecule has 0 amide bonds. The number of rotatable bonds is 0. The Morgan fingerprint density at radius 1 is 0.941 bits per heavy atom. The maximum Gasteiger partial charge on any atom is 0.435 e. The average Bonchev–Trinajstić information content (AvgIpc) is 2.75. The zero-order valence-corrected chi connectivity index (χ0v) is 8.57. The van der Waals surface area contributed by atoms with Crippen LogP contribution in [0.15, 0.2) is 42.6 Å². The molecule has 0 atom stereocenters. The van der Waals surface area contributed by atoms with Crippen LogP contribution in [-0.2, 0) is 6.18 Å². The molecule has 1 aromatic carbocycles. The molecule has 0 fully saturated rings. The highest BCUT2D eigenvalue weighted by molar-refractivity contribution is 5.79. The van der Waals surface area contributed by atoms with Gasteiger partial charge in [0, 0.05) is 6.20 Å². The molecule has 0 saturated carbocycles. The predicted octanol–water partition coefficient (Wildman–Crippen LogP) is 3.51. The molecule has 2 nitrogen and oxygen atoms in total. The molecule has 2 heterocycles. The Bertz CT molecular complexity index is 698. The summed E-state index contributed by atoms with van der Waals surface area (Å²) >= 11 is 0. The molecule has 0 N–H and O–H groups in total. The van der Waals surface area contributed by atoms with Gasteiger partial charge in [-0.05, 0) is 24.3 Å². The van der Waals surface area contributed by atoms with Gasteiger partial charge in [0.15, 0.2) is 5.69 Å². The SMILES string of the molecule is FC(F)(F)c1nc2ccccc2n2cccc12. The summed E-state index contributed by atoms with van der Waals surface area (Å²) < 4.78 is 40.0. The lowest BCUT2D eigenvalue weighted by Gasteiger charge is -2.10. The van der Waals surface area contributed by atoms with E-state index in [2.05, 4.69) is 4.98 Å². The van der Waals surface area contributed by atoms with E-state index in [9.17, 15) is 13.2 Å². The van der Waals surface area contributed by atoms with E-state index in [4.69, 9.17) is 0 Å². The zero-order valence-electron chi connectivity index (χ0n) is 8.57. The highest BCUT2D eigenvalue weighted by Crippen LogP contribution is 2.32. The molecule has 0 unspecified atom stereocenters. The summed E-state index contributed by atoms with van der Waals surface area (Å²) in [6.45, 7) is 0. The minimum absolute atomic E-state index is 0.0798. The van der Waals surface area contributed by atoms with Crippen LogP contribution in [0.25, 0.3) is 16.6 Å². The van der Waals surface area contributed by atoms with Crippen molar-refractivity contribution >= 4 is 16.6 Å². The van der Waals surface area contributed by atoms with Gasteiger partial charge < -0.3 is 4.40 Å². The van der Waals surface area contributed by atoms with Crippen LogP contribution in [0.5, 0.6) is 0 Å². The molecule has 5 heteroatoms. The second-order valence-electron chi connectivity index (χ2n) is 3.71. The van der Waals surface area contributed by atoms with E-state index in [-0.39, 0.29) is 5.52 Å². The van der Waals surface area contributed by atoms with Gasteiger partial charge in [-0.25, -0.2) is 4.98 Å². The minimum atomic E-state index is -4.44. The first-order chi connectivity index (χ1) is 8.07. The topological polar surface area (TPSA) is 17.3 Å². The van der Waals surface area contributed by atoms with Crippen molar-refractivity contribution in [2.75, 3.05) is 0 Å². The number of fused-ring (bicyclic) bond motifs is 3. The average molecular weight is 236 g/mol. The summed E-state index contributed by atoms with van der Waals surface area (Å²) in [6, 6.07) is 9.77. The molecule has 3 rings (SSSR count). The van der Waals surface area contributed by atoms with Crippen molar-refractivity contribution in [2.45, 2.75) is 6.18 Å². The van der Waals surface area contributed by atoms with E-state index < -0.39 is 11.9 Å². The Balaban J connectivity index is 2.53. The Labute approximate surface area is 94.3 Å². The number of hydrogen-bond donors (Lipinski definition) is 0. The summed E-state index contributed by atoms with van der Waals surface area (Å²) in [7, 11) is 0. The van der Waals surface area contributed by atoms with Crippen molar-refractivity contribution in [2.24, 2.45) is 0 Å². The summed E-state index contributed by atoms with van der Waals surface area (Å²) in [5, 5.41) is 0. The van der Waals surface area contributed by atoms with Crippen LogP contribution in [0.3, 0.4) is 0 Å². The highest BCUT2D eigenvalue weighted by atomic mass is 19.4. The lowest BCUT2D eigenvalue weighted by Crippen LogP contribution is -2.10. The summed E-state index contributed by atoms with van der Waals surface area (Å²) in [5.74, 6) is 0. The van der Waals surface area contributed by atoms with Crippen molar-refractivity contribution in [1.82, 2.24) is 9.38 Å². The van der Waals surface area contributed by atoms with Crippen LogP contribution in [0.2, 0.25) is 0 Å². The first kappa shape index (κ1) is 10.1. The smallest absolute Gasteiger partial charge is 0.313 e. The number of benzene rings is 1. The third kappa shape index (κ3) is 1.46. The van der Waals surface area contributed by atoms with Gasteiger partial charge in [-0.1, -0.05) is 12.1 Å². The minimum Gasteiger partial charge on any atom is -0.313 e. The molecule has 2 aromatic heterocycles. The van der Waals surface area contributed by atoms with Crippen molar-refractivity contribution in [3.63, 3.8) is 0 Å². The van der Waals surface area contributed by atoms with Gasteiger partial charge in [-0.3, -0.25) is 0 Å². The number of halogens is 3. The Morgan fingerprint density at radius 2 is 1.65 bits per heavy atom. The van der Waals surface area contributed by atoms with Crippen LogP contribution in [0.1, 0.15) is 5.69 Å². The molecule has 17 heavy (non-hydrogen) atoms. The predicted molar refractivity (Wildman–Crippen MR) is 57.7 cm³/mol. The van der Waals surface area contributed by atoms with E-state index in [0.717, 1.165) is 0 Å². The molecular weight excluding hydrogens is 229 g/mol. The van der Waals surface area contributed by atoms with Crippen LogP contribution in [-0.4, -0.2) is 9.38 Å². The van der Waals surface area contributed by atoms with E-state index in [0.29, 0.717) is 11.0 Å². The third-order valence-electron chi connectivity index (χ3n) is 2.63. The van der Waals surface area contributed by atoms with E-state index in [1.54, 1.807) is 36.5 Å². The molecule has 0 aliphatic carbocycles. The fourth-order valence-corrected chi connectivity index (χ4v) is 1.93. The van der Waals surface area contributed by atoms with Crippen LogP contribution >= 0.6 is 0 Å². The normalized spacial score (nSPS) is 12.4. The van der Waals surface area contributed by atoms with Crippen LogP contribution in [0, 0.1) is 0 Å². The molecule has 86 valence electrons. The summed E-state index contributed by atoms with van der Waals surface area (Å²) in [4.78, 5) is 3.70. The second kappa shape index (κ2) is 3.23. The fraction of sp³-hybridized carbons (Fsp3) is 0.0833. The third-order valence-corrected chi connectivity index (χ3v) is 2.63. The first-order valence-electron chi connectivity index (χ1n) is 5.00. The molecule has 0 spiro atoms. The van der Waals surface area contributed by atoms with Gasteiger partial charge in [0.2, 0.25) is 0 Å². The standard InChI is InChI=1S/C12H7F3N2/c13-12(14,15)11-10-6-3-7-17(10)9-5-2-1-4-8(9)16-11/h1-7H. The molecule has 0 bridgehead atoms. The lowest BCUT2D eigenvalue weighted by atomic mass is 10.2. The van der Waals surface area contributed by atoms with E-state index in [1.165, 1.54) is 10.5 Å². The highest BCUT2D eigenvalue weighted by Gasteiger charge is 2.35. The van der Waals surface area contributed by atoms with Crippen molar-refractivity contribution < 1.29 is 13.2 Å². The largest absolute Gasteiger partial charge is 0.435 e. The number of hydrogen-bond acceptors (Lipinski definition) is 1. The number of nitrogens with zero attached hydrogens (tertiary/aromatic N) is 2. The molecule has 0 aliphatic rings. The molecule has 0 saturated heterocycles. The molecule has 0 radical (unpaired) electrons. The van der Waals surface area contributed by atoms with Gasteiger partial charge in [0.1, 0.15) is 0 Å². The maximum atomic E-state index is 12.8. The van der Waals surface area contributed by atoms with Crippen molar-refractivity contribution in [3.05, 3.63) is 48.3 Å². The van der Waals surface area contributed by atoms with E-state index in [1.807, 2.05) is 0 Å². The second-order valence-corrected chi connectivity index (χ2v) is 3.71. The summed E-state index contributed by atoms with van der Waals surface area (Å²) in [6.07, 6.45) is -2.84. The van der Waals surface area contributed by atoms with E-state index >= 15 is 0 Å². The number of alkyl halides is 3. The van der Waals surface area contributed by atoms with Crippen LogP contribution < -0.4 is 0 Å².